The van der Waals surface area contributed by atoms with Crippen LogP contribution >= 0.6 is 0 Å². The first-order valence-corrected chi connectivity index (χ1v) is 9.91. The Morgan fingerprint density at radius 2 is 1.87 bits per heavy atom. The number of aromatic nitrogens is 1. The van der Waals surface area contributed by atoms with E-state index in [1.807, 2.05) is 4.90 Å². The summed E-state index contributed by atoms with van der Waals surface area (Å²) in [6.07, 6.45) is 3.20. The Kier molecular flexibility index (Phi) is 5.53. The van der Waals surface area contributed by atoms with Crippen LogP contribution in [0.15, 0.2) is 42.7 Å². The van der Waals surface area contributed by atoms with Gasteiger partial charge in [0.1, 0.15) is 5.54 Å². The predicted molar refractivity (Wildman–Crippen MR) is 107 cm³/mol. The molecule has 2 aliphatic heterocycles. The van der Waals surface area contributed by atoms with Crippen LogP contribution < -0.4 is 15.5 Å². The summed E-state index contributed by atoms with van der Waals surface area (Å²) in [6, 6.07) is 6.47. The second-order valence-corrected chi connectivity index (χ2v) is 7.52. The van der Waals surface area contributed by atoms with Crippen molar-refractivity contribution in [1.29, 1.82) is 0 Å². The molecule has 4 amide bonds. The number of carbonyl (C=O) groups is 3. The number of halogens is 2. The molecule has 1 aromatic heterocycles. The van der Waals surface area contributed by atoms with Crippen molar-refractivity contribution in [3.8, 4) is 0 Å². The second kappa shape index (κ2) is 8.29. The topological polar surface area (TPSA) is 94.6 Å². The molecule has 2 fully saturated rings. The van der Waals surface area contributed by atoms with E-state index in [4.69, 9.17) is 0 Å². The smallest absolute Gasteiger partial charge is 0.322 e. The van der Waals surface area contributed by atoms with Crippen molar-refractivity contribution < 1.29 is 23.2 Å². The number of piperazine rings is 1. The summed E-state index contributed by atoms with van der Waals surface area (Å²) in [5, 5.41) is 4.88. The van der Waals surface area contributed by atoms with Crippen LogP contribution in [0.25, 0.3) is 0 Å². The Morgan fingerprint density at radius 3 is 2.48 bits per heavy atom. The lowest BCUT2D eigenvalue weighted by molar-refractivity contribution is -0.132. The van der Waals surface area contributed by atoms with E-state index in [2.05, 4.69) is 15.6 Å². The largest absolute Gasteiger partial charge is 0.368 e. The molecule has 0 aliphatic carbocycles. The fraction of sp³-hybridized carbons (Fsp3) is 0.333. The van der Waals surface area contributed by atoms with E-state index in [0.717, 1.165) is 12.1 Å². The normalized spacial score (nSPS) is 21.1. The van der Waals surface area contributed by atoms with Crippen LogP contribution in [0.1, 0.15) is 18.4 Å². The quantitative estimate of drug-likeness (QED) is 0.703. The molecule has 31 heavy (non-hydrogen) atoms. The number of hydrogen-bond acceptors (Lipinski definition) is 5. The number of anilines is 1. The van der Waals surface area contributed by atoms with E-state index >= 15 is 0 Å². The third-order valence-corrected chi connectivity index (χ3v) is 5.71. The lowest BCUT2D eigenvalue weighted by Crippen LogP contribution is -2.50. The summed E-state index contributed by atoms with van der Waals surface area (Å²) in [7, 11) is 0. The molecule has 0 bridgehead atoms. The van der Waals surface area contributed by atoms with Crippen LogP contribution in [0.3, 0.4) is 0 Å². The molecule has 3 heterocycles. The maximum Gasteiger partial charge on any atom is 0.322 e. The predicted octanol–water partition coefficient (Wildman–Crippen LogP) is 1.52. The highest BCUT2D eigenvalue weighted by Gasteiger charge is 2.48. The van der Waals surface area contributed by atoms with Crippen LogP contribution in [0.5, 0.6) is 0 Å². The highest BCUT2D eigenvalue weighted by molar-refractivity contribution is 6.07. The van der Waals surface area contributed by atoms with Crippen LogP contribution in [0, 0.1) is 11.6 Å². The number of nitrogens with one attached hydrogen (secondary N) is 2. The summed E-state index contributed by atoms with van der Waals surface area (Å²) < 4.78 is 26.6. The average molecular weight is 429 g/mol. The van der Waals surface area contributed by atoms with Crippen molar-refractivity contribution in [2.75, 3.05) is 31.1 Å². The number of hydrogen-bond donors (Lipinski definition) is 2. The standard InChI is InChI=1S/C21H21F2N5O3/c22-16-4-3-15(12-17(16)23)27-8-10-28(11-9-27)18(29)5-6-21(14-2-1-7-24-13-14)19(30)25-20(31)26-21/h1-4,7,12-13H,5-6,8-11H2,(H2,25,26,30,31). The Bertz CT molecular complexity index is 1010. The van der Waals surface area contributed by atoms with Gasteiger partial charge >= 0.3 is 6.03 Å². The van der Waals surface area contributed by atoms with Gasteiger partial charge in [0.05, 0.1) is 0 Å². The van der Waals surface area contributed by atoms with Gasteiger partial charge in [0.15, 0.2) is 11.6 Å². The van der Waals surface area contributed by atoms with Gasteiger partial charge < -0.3 is 15.1 Å². The number of amides is 4. The molecule has 0 spiro atoms. The average Bonchev–Trinajstić information content (AvgIpc) is 3.08. The summed E-state index contributed by atoms with van der Waals surface area (Å²) in [5.41, 5.74) is -0.268. The molecule has 2 N–H and O–H groups in total. The summed E-state index contributed by atoms with van der Waals surface area (Å²) >= 11 is 0. The molecule has 1 aromatic carbocycles. The van der Waals surface area contributed by atoms with E-state index in [-0.39, 0.29) is 18.7 Å². The number of imide groups is 1. The Morgan fingerprint density at radius 1 is 1.10 bits per heavy atom. The first kappa shape index (κ1) is 20.7. The molecule has 2 saturated heterocycles. The molecule has 4 rings (SSSR count). The number of carbonyl (C=O) groups excluding carboxylic acids is 3. The van der Waals surface area contributed by atoms with E-state index in [0.29, 0.717) is 37.4 Å². The maximum atomic E-state index is 13.5. The Balaban J connectivity index is 1.39. The van der Waals surface area contributed by atoms with Crippen LogP contribution in [-0.4, -0.2) is 53.9 Å². The highest BCUT2D eigenvalue weighted by atomic mass is 19.2. The van der Waals surface area contributed by atoms with Gasteiger partial charge in [-0.1, -0.05) is 6.07 Å². The highest BCUT2D eigenvalue weighted by Crippen LogP contribution is 2.30. The fourth-order valence-electron chi connectivity index (χ4n) is 3.98. The van der Waals surface area contributed by atoms with Gasteiger partial charge in [-0.25, -0.2) is 13.6 Å². The van der Waals surface area contributed by atoms with Gasteiger partial charge in [0, 0.05) is 62.3 Å². The minimum absolute atomic E-state index is 0.0494. The van der Waals surface area contributed by atoms with E-state index < -0.39 is 29.1 Å². The molecule has 1 atom stereocenters. The molecular weight excluding hydrogens is 408 g/mol. The number of nitrogens with zero attached hydrogens (tertiary/aromatic N) is 3. The molecular formula is C21H21F2N5O3. The van der Waals surface area contributed by atoms with Crippen LogP contribution in [0.2, 0.25) is 0 Å². The molecule has 8 nitrogen and oxygen atoms in total. The molecule has 2 aromatic rings. The lowest BCUT2D eigenvalue weighted by atomic mass is 9.86. The molecule has 2 aliphatic rings. The zero-order chi connectivity index (χ0) is 22.0. The van der Waals surface area contributed by atoms with E-state index in [1.165, 1.54) is 12.3 Å². The first-order chi connectivity index (χ1) is 14.9. The summed E-state index contributed by atoms with van der Waals surface area (Å²) in [6.45, 7) is 1.77. The van der Waals surface area contributed by atoms with Crippen molar-refractivity contribution in [2.24, 2.45) is 0 Å². The van der Waals surface area contributed by atoms with Crippen molar-refractivity contribution >= 4 is 23.5 Å². The van der Waals surface area contributed by atoms with Gasteiger partial charge in [0.2, 0.25) is 5.91 Å². The maximum absolute atomic E-state index is 13.5. The Labute approximate surface area is 177 Å². The van der Waals surface area contributed by atoms with E-state index in [1.54, 1.807) is 23.2 Å². The Hall–Kier alpha value is -3.56. The lowest BCUT2D eigenvalue weighted by Gasteiger charge is -2.36. The summed E-state index contributed by atoms with van der Waals surface area (Å²) in [4.78, 5) is 44.7. The van der Waals surface area contributed by atoms with Crippen LogP contribution in [-0.2, 0) is 15.1 Å². The van der Waals surface area contributed by atoms with Crippen molar-refractivity contribution in [2.45, 2.75) is 18.4 Å². The molecule has 0 radical (unpaired) electrons. The minimum atomic E-state index is -1.34. The number of rotatable bonds is 5. The SMILES string of the molecule is O=C1NC(=O)C(CCC(=O)N2CCN(c3ccc(F)c(F)c3)CC2)(c2cccnc2)N1. The number of pyridine rings is 1. The van der Waals surface area contributed by atoms with Gasteiger partial charge in [-0.05, 0) is 24.6 Å². The van der Waals surface area contributed by atoms with Gasteiger partial charge in [-0.15, -0.1) is 0 Å². The molecule has 162 valence electrons. The van der Waals surface area contributed by atoms with Crippen molar-refractivity contribution in [1.82, 2.24) is 20.5 Å². The van der Waals surface area contributed by atoms with Crippen molar-refractivity contribution in [3.05, 3.63) is 59.9 Å². The number of urea groups is 1. The zero-order valence-electron chi connectivity index (χ0n) is 16.6. The fourth-order valence-corrected chi connectivity index (χ4v) is 3.98. The summed E-state index contributed by atoms with van der Waals surface area (Å²) in [5.74, 6) is -2.47. The van der Waals surface area contributed by atoms with Gasteiger partial charge in [-0.3, -0.25) is 19.9 Å². The first-order valence-electron chi connectivity index (χ1n) is 9.91. The van der Waals surface area contributed by atoms with E-state index in [9.17, 15) is 23.2 Å². The third kappa shape index (κ3) is 4.05. The van der Waals surface area contributed by atoms with Gasteiger partial charge in [0.25, 0.3) is 5.91 Å². The molecule has 0 saturated carbocycles. The monoisotopic (exact) mass is 429 g/mol. The second-order valence-electron chi connectivity index (χ2n) is 7.52. The van der Waals surface area contributed by atoms with Crippen molar-refractivity contribution in [3.63, 3.8) is 0 Å². The zero-order valence-corrected chi connectivity index (χ0v) is 16.6. The third-order valence-electron chi connectivity index (χ3n) is 5.71. The number of benzene rings is 1. The minimum Gasteiger partial charge on any atom is -0.368 e. The molecule has 1 unspecified atom stereocenters. The molecule has 10 heteroatoms. The van der Waals surface area contributed by atoms with Crippen LogP contribution in [0.4, 0.5) is 19.3 Å². The van der Waals surface area contributed by atoms with Gasteiger partial charge in [-0.2, -0.15) is 0 Å².